The Morgan fingerprint density at radius 2 is 0.967 bits per heavy atom. The molecule has 0 fully saturated rings. The number of rotatable bonds is 3. The van der Waals surface area contributed by atoms with Crippen LogP contribution in [0.2, 0.25) is 0 Å². The molecule has 0 aliphatic carbocycles. The molecule has 0 spiro atoms. The minimum atomic E-state index is -0.00889. The van der Waals surface area contributed by atoms with Gasteiger partial charge in [-0.1, -0.05) is 67.5 Å². The SMILES string of the molecule is CC(C)c1cc2c3c(c1)N(c1ccc4c(c1)OCCCO4)c1c(sc4ccc(C(C)(C)C)cc14)B3c1sc3ccc(C(C)(C)C)cc3c1N2c1ccc2c(c1)OCCCO2. The Bertz CT molecular complexity index is 2690. The lowest BCUT2D eigenvalue weighted by Gasteiger charge is -2.42. The normalized spacial score (nSPS) is 15.8. The molecule has 11 rings (SSSR count). The second-order valence-corrected chi connectivity index (χ2v) is 21.3. The van der Waals surface area contributed by atoms with E-state index >= 15 is 0 Å². The van der Waals surface area contributed by atoms with Crippen molar-refractivity contribution in [1.82, 2.24) is 0 Å². The molecule has 0 atom stereocenters. The second kappa shape index (κ2) is 13.7. The highest BCUT2D eigenvalue weighted by Crippen LogP contribution is 2.53. The summed E-state index contributed by atoms with van der Waals surface area (Å²) in [7, 11) is 0. The van der Waals surface area contributed by atoms with Crippen LogP contribution in [0, 0.1) is 0 Å². The summed E-state index contributed by atoms with van der Waals surface area (Å²) in [6.45, 7) is 21.1. The van der Waals surface area contributed by atoms with Gasteiger partial charge in [-0.05, 0) is 99.6 Å². The van der Waals surface area contributed by atoms with E-state index in [9.17, 15) is 0 Å². The zero-order chi connectivity index (χ0) is 41.2. The molecule has 6 heterocycles. The van der Waals surface area contributed by atoms with Crippen molar-refractivity contribution in [2.24, 2.45) is 0 Å². The van der Waals surface area contributed by atoms with Crippen LogP contribution >= 0.6 is 22.7 Å². The summed E-state index contributed by atoms with van der Waals surface area (Å²) in [6, 6.07) is 32.4. The molecular weight excluding hydrogens is 780 g/mol. The quantitative estimate of drug-likeness (QED) is 0.165. The van der Waals surface area contributed by atoms with Gasteiger partial charge in [0.15, 0.2) is 23.0 Å². The third-order valence-corrected chi connectivity index (χ3v) is 15.1. The van der Waals surface area contributed by atoms with Gasteiger partial charge in [0.25, 0.3) is 6.71 Å². The maximum atomic E-state index is 6.39. The first-order chi connectivity index (χ1) is 28.8. The number of hydrogen-bond acceptors (Lipinski definition) is 8. The summed E-state index contributed by atoms with van der Waals surface area (Å²) in [5.74, 6) is 3.49. The van der Waals surface area contributed by atoms with Gasteiger partial charge < -0.3 is 28.7 Å². The Hall–Kier alpha value is -5.12. The van der Waals surface area contributed by atoms with Gasteiger partial charge in [-0.25, -0.2) is 0 Å². The van der Waals surface area contributed by atoms with Gasteiger partial charge in [0.05, 0.1) is 49.2 Å². The number of benzene rings is 5. The molecule has 4 aliphatic heterocycles. The van der Waals surface area contributed by atoms with Crippen molar-refractivity contribution in [3.05, 3.63) is 102 Å². The molecule has 304 valence electrons. The maximum absolute atomic E-state index is 6.39. The van der Waals surface area contributed by atoms with E-state index < -0.39 is 0 Å². The highest BCUT2D eigenvalue weighted by molar-refractivity contribution is 7.40. The lowest BCUT2D eigenvalue weighted by Crippen LogP contribution is -2.59. The van der Waals surface area contributed by atoms with E-state index in [1.54, 1.807) is 0 Å². The molecule has 0 saturated carbocycles. The zero-order valence-electron chi connectivity index (χ0n) is 35.8. The Morgan fingerprint density at radius 1 is 0.533 bits per heavy atom. The van der Waals surface area contributed by atoms with Crippen molar-refractivity contribution in [3.8, 4) is 23.0 Å². The largest absolute Gasteiger partial charge is 0.490 e. The summed E-state index contributed by atoms with van der Waals surface area (Å²) >= 11 is 3.90. The lowest BCUT2D eigenvalue weighted by atomic mass is 9.39. The van der Waals surface area contributed by atoms with E-state index in [0.29, 0.717) is 26.4 Å². The van der Waals surface area contributed by atoms with Crippen LogP contribution in [-0.4, -0.2) is 33.1 Å². The first-order valence-electron chi connectivity index (χ1n) is 21.5. The average Bonchev–Trinajstić information content (AvgIpc) is 3.55. The summed E-state index contributed by atoms with van der Waals surface area (Å²) in [6.07, 6.45) is 1.72. The smallest absolute Gasteiger partial charge is 0.277 e. The topological polar surface area (TPSA) is 43.4 Å². The molecule has 6 nitrogen and oxygen atoms in total. The number of nitrogens with zero attached hydrogens (tertiary/aromatic N) is 2. The van der Waals surface area contributed by atoms with Crippen LogP contribution in [0.5, 0.6) is 23.0 Å². The van der Waals surface area contributed by atoms with Crippen LogP contribution in [0.4, 0.5) is 34.1 Å². The maximum Gasteiger partial charge on any atom is 0.277 e. The van der Waals surface area contributed by atoms with Crippen LogP contribution in [0.3, 0.4) is 0 Å². The third-order valence-electron chi connectivity index (χ3n) is 12.7. The molecular formula is C51H51BN2O4S2. The van der Waals surface area contributed by atoms with Gasteiger partial charge in [0.1, 0.15) is 0 Å². The van der Waals surface area contributed by atoms with Crippen LogP contribution in [0.1, 0.15) is 90.8 Å². The van der Waals surface area contributed by atoms with Crippen molar-refractivity contribution in [3.63, 3.8) is 0 Å². The summed E-state index contributed by atoms with van der Waals surface area (Å²) in [4.78, 5) is 5.11. The number of fused-ring (bicyclic) bond motifs is 10. The van der Waals surface area contributed by atoms with Crippen molar-refractivity contribution in [2.75, 3.05) is 36.2 Å². The van der Waals surface area contributed by atoms with E-state index in [2.05, 4.69) is 150 Å². The minimum absolute atomic E-state index is 0.00889. The predicted octanol–water partition coefficient (Wildman–Crippen LogP) is 12.2. The van der Waals surface area contributed by atoms with Crippen LogP contribution in [-0.2, 0) is 10.8 Å². The molecule has 7 aromatic rings. The predicted molar refractivity (Wildman–Crippen MR) is 254 cm³/mol. The number of ether oxygens (including phenoxy) is 4. The summed E-state index contributed by atoms with van der Waals surface area (Å²) in [5, 5.41) is 2.58. The molecule has 0 radical (unpaired) electrons. The first kappa shape index (κ1) is 37.9. The molecule has 4 aliphatic rings. The summed E-state index contributed by atoms with van der Waals surface area (Å²) < 4.78 is 30.5. The monoisotopic (exact) mass is 830 g/mol. The van der Waals surface area contributed by atoms with Gasteiger partial charge >= 0.3 is 0 Å². The fraction of sp³-hybridized carbons (Fsp3) is 0.333. The van der Waals surface area contributed by atoms with E-state index in [1.807, 2.05) is 22.7 Å². The van der Waals surface area contributed by atoms with Gasteiger partial charge in [-0.3, -0.25) is 0 Å². The van der Waals surface area contributed by atoms with Gasteiger partial charge in [-0.2, -0.15) is 0 Å². The van der Waals surface area contributed by atoms with E-state index in [1.165, 1.54) is 74.6 Å². The van der Waals surface area contributed by atoms with Crippen LogP contribution < -0.4 is 43.8 Å². The van der Waals surface area contributed by atoms with Gasteiger partial charge in [0, 0.05) is 66.1 Å². The fourth-order valence-electron chi connectivity index (χ4n) is 9.38. The number of thiophene rings is 2. The van der Waals surface area contributed by atoms with E-state index in [4.69, 9.17) is 18.9 Å². The molecule has 0 amide bonds. The molecule has 60 heavy (non-hydrogen) atoms. The summed E-state index contributed by atoms with van der Waals surface area (Å²) in [5.41, 5.74) is 12.4. The average molecular weight is 831 g/mol. The molecule has 0 N–H and O–H groups in total. The Morgan fingerprint density at radius 3 is 1.38 bits per heavy atom. The minimum Gasteiger partial charge on any atom is -0.490 e. The van der Waals surface area contributed by atoms with Crippen LogP contribution in [0.15, 0.2) is 84.9 Å². The van der Waals surface area contributed by atoms with E-state index in [0.717, 1.165) is 47.2 Å². The molecule has 0 bridgehead atoms. The standard InChI is InChI=1S/C51H51BN2O4S2/c1-29(2)30-23-37-45-38(24-30)54(34-14-16-40-42(28-34)58-22-10-20-56-40)47-36-26-32(51(6,7)8)12-18-44(36)60-49(47)52(45)48-46(35-25-31(50(3,4)5)11-17-43(35)59-48)53(37)33-13-15-39-41(27-33)57-21-9-19-55-39/h11-18,23-29H,9-10,19-22H2,1-8H3. The Kier molecular flexibility index (Phi) is 8.64. The molecule has 0 unspecified atom stereocenters. The van der Waals surface area contributed by atoms with Crippen molar-refractivity contribution < 1.29 is 18.9 Å². The van der Waals surface area contributed by atoms with Crippen molar-refractivity contribution in [2.45, 2.75) is 85.0 Å². The molecule has 5 aromatic carbocycles. The van der Waals surface area contributed by atoms with E-state index in [-0.39, 0.29) is 23.5 Å². The molecule has 9 heteroatoms. The highest BCUT2D eigenvalue weighted by atomic mass is 32.1. The molecule has 2 aromatic heterocycles. The Labute approximate surface area is 361 Å². The number of hydrogen-bond donors (Lipinski definition) is 0. The highest BCUT2D eigenvalue weighted by Gasteiger charge is 2.47. The first-order valence-corrected chi connectivity index (χ1v) is 23.2. The second-order valence-electron chi connectivity index (χ2n) is 19.1. The third kappa shape index (κ3) is 5.93. The zero-order valence-corrected chi connectivity index (χ0v) is 37.5. The van der Waals surface area contributed by atoms with Crippen molar-refractivity contribution >= 4 is 98.7 Å². The Balaban J connectivity index is 1.26. The van der Waals surface area contributed by atoms with Crippen molar-refractivity contribution in [1.29, 1.82) is 0 Å². The number of anilines is 6. The van der Waals surface area contributed by atoms with Gasteiger partial charge in [0.2, 0.25) is 0 Å². The molecule has 0 saturated heterocycles. The lowest BCUT2D eigenvalue weighted by molar-refractivity contribution is 0.296. The van der Waals surface area contributed by atoms with Gasteiger partial charge in [-0.15, -0.1) is 22.7 Å². The fourth-order valence-corrected chi connectivity index (χ4v) is 12.0. The van der Waals surface area contributed by atoms with Crippen LogP contribution in [0.25, 0.3) is 20.2 Å².